The van der Waals surface area contributed by atoms with Gasteiger partial charge in [-0.05, 0) is 81.3 Å². The molecule has 8 nitrogen and oxygen atoms in total. The highest BCUT2D eigenvalue weighted by molar-refractivity contribution is 7.35. The number of hydrogen-bond acceptors (Lipinski definition) is 9. The average Bonchev–Trinajstić information content (AvgIpc) is 4.08. The van der Waals surface area contributed by atoms with E-state index in [9.17, 15) is 32.3 Å². The van der Waals surface area contributed by atoms with Crippen molar-refractivity contribution in [1.82, 2.24) is 9.13 Å². The molecule has 14 heteroatoms. The van der Waals surface area contributed by atoms with Crippen LogP contribution >= 0.6 is 34.0 Å². The predicted octanol–water partition coefficient (Wildman–Crippen LogP) is 11.4. The lowest BCUT2D eigenvalue weighted by atomic mass is 9.75. The second-order valence-corrected chi connectivity index (χ2v) is 21.6. The van der Waals surface area contributed by atoms with Gasteiger partial charge in [-0.2, -0.15) is 0 Å². The Morgan fingerprint density at radius 2 is 0.932 bits per heavy atom. The molecule has 0 bridgehead atoms. The lowest BCUT2D eigenvalue weighted by molar-refractivity contribution is -0.123. The maximum Gasteiger partial charge on any atom is 0.188 e. The van der Waals surface area contributed by atoms with E-state index in [-0.39, 0.29) is 48.2 Å². The highest BCUT2D eigenvalue weighted by atomic mass is 32.1. The fourth-order valence-electron chi connectivity index (χ4n) is 11.7. The maximum absolute atomic E-state index is 14.7. The largest absolute Gasteiger partial charge is 0.337 e. The number of rotatable bonds is 6. The summed E-state index contributed by atoms with van der Waals surface area (Å²) in [5.41, 5.74) is 4.25. The third-order valence-corrected chi connectivity index (χ3v) is 18.4. The zero-order chi connectivity index (χ0) is 40.4. The number of carbonyl (C=O) groups is 4. The van der Waals surface area contributed by atoms with Crippen molar-refractivity contribution in [3.8, 4) is 0 Å². The first kappa shape index (κ1) is 38.4. The van der Waals surface area contributed by atoms with E-state index in [0.717, 1.165) is 68.6 Å². The second-order valence-electron chi connectivity index (χ2n) is 18.6. The van der Waals surface area contributed by atoms with Gasteiger partial charge in [-0.3, -0.25) is 19.2 Å². The normalized spacial score (nSPS) is 31.9. The van der Waals surface area contributed by atoms with Gasteiger partial charge < -0.3 is 9.13 Å². The molecule has 5 aromatic heterocycles. The first-order chi connectivity index (χ1) is 28.5. The number of aliphatic imine (C=N–C) groups is 2. The highest BCUT2D eigenvalue weighted by Crippen LogP contribution is 2.53. The maximum atomic E-state index is 14.7. The van der Waals surface area contributed by atoms with Gasteiger partial charge in [0.1, 0.15) is 28.5 Å². The van der Waals surface area contributed by atoms with Gasteiger partial charge in [-0.15, -0.1) is 34.0 Å². The van der Waals surface area contributed by atoms with Crippen molar-refractivity contribution in [2.75, 3.05) is 0 Å². The van der Waals surface area contributed by atoms with E-state index >= 15 is 0 Å². The van der Waals surface area contributed by atoms with Crippen molar-refractivity contribution in [1.29, 1.82) is 0 Å². The van der Waals surface area contributed by atoms with Crippen LogP contribution in [0.1, 0.15) is 96.8 Å². The summed E-state index contributed by atoms with van der Waals surface area (Å²) in [6, 6.07) is 4.04. The van der Waals surface area contributed by atoms with Crippen LogP contribution in [0.15, 0.2) is 22.1 Å². The van der Waals surface area contributed by atoms with Crippen molar-refractivity contribution in [2.45, 2.75) is 128 Å². The first-order valence-corrected chi connectivity index (χ1v) is 24.3. The fourth-order valence-corrected chi connectivity index (χ4v) is 15.3. The van der Waals surface area contributed by atoms with E-state index in [1.807, 2.05) is 19.1 Å². The minimum absolute atomic E-state index is 0.0301. The molecular formula is C45H47F3N4O4S3. The number of nitrogens with zero attached hydrogens (tertiary/aromatic N) is 4. The molecule has 6 aliphatic rings. The Hall–Kier alpha value is -3.49. The Bertz CT molecular complexity index is 2410. The minimum Gasteiger partial charge on any atom is -0.337 e. The molecule has 0 N–H and O–H groups in total. The van der Waals surface area contributed by atoms with Crippen LogP contribution in [0.3, 0.4) is 0 Å². The number of ketones is 4. The van der Waals surface area contributed by atoms with E-state index in [4.69, 9.17) is 4.99 Å². The Morgan fingerprint density at radius 3 is 1.36 bits per heavy atom. The van der Waals surface area contributed by atoms with Gasteiger partial charge in [-0.1, -0.05) is 45.4 Å². The number of fused-ring (bicyclic) bond motifs is 9. The molecule has 8 atom stereocenters. The molecular weight excluding hydrogens is 814 g/mol. The highest BCUT2D eigenvalue weighted by Gasteiger charge is 2.53. The van der Waals surface area contributed by atoms with Crippen molar-refractivity contribution in [3.05, 3.63) is 12.1 Å². The minimum atomic E-state index is -1.75. The number of hydrogen-bond donors (Lipinski definition) is 0. The van der Waals surface area contributed by atoms with Crippen LogP contribution in [0.25, 0.3) is 40.9 Å². The van der Waals surface area contributed by atoms with Crippen molar-refractivity contribution < 1.29 is 32.3 Å². The molecule has 5 aromatic rings. The van der Waals surface area contributed by atoms with Crippen LogP contribution in [-0.2, 0) is 32.3 Å². The quantitative estimate of drug-likeness (QED) is 0.170. The van der Waals surface area contributed by atoms with E-state index in [2.05, 4.69) is 14.1 Å². The summed E-state index contributed by atoms with van der Waals surface area (Å²) < 4.78 is 52.7. The molecule has 0 aliphatic heterocycles. The number of alkyl halides is 3. The topological polar surface area (TPSA) is 103 Å². The molecule has 6 saturated carbocycles. The zero-order valence-corrected chi connectivity index (χ0v) is 35.5. The summed E-state index contributed by atoms with van der Waals surface area (Å²) in [4.78, 5) is 63.5. The molecule has 0 aromatic carbocycles. The number of Topliss-reactive ketones (excluding diaryl/α,β-unsaturated/α-hetero) is 4. The SMILES string of the molecule is CC1CC2C(=O)C(=Nc3cc4c(s3)c3sc5c6sc(N=C7C(=O)C8CC(F)C(F)CC8C7=O)cc6n(CC6CCCCC6)c5c3n4CC3CCCCC3)C(=O)C2CC1F. The summed E-state index contributed by atoms with van der Waals surface area (Å²) in [7, 11) is 0. The van der Waals surface area contributed by atoms with Gasteiger partial charge in [0.15, 0.2) is 34.6 Å². The smallest absolute Gasteiger partial charge is 0.188 e. The summed E-state index contributed by atoms with van der Waals surface area (Å²) in [5, 5.41) is 1.15. The lowest BCUT2D eigenvalue weighted by Gasteiger charge is -2.30. The molecule has 5 heterocycles. The number of carbonyl (C=O) groups excluding carboxylic acids is 4. The van der Waals surface area contributed by atoms with E-state index in [1.54, 1.807) is 11.3 Å². The van der Waals surface area contributed by atoms with Gasteiger partial charge in [0.2, 0.25) is 0 Å². The van der Waals surface area contributed by atoms with E-state index < -0.39 is 53.8 Å². The van der Waals surface area contributed by atoms with E-state index in [0.29, 0.717) is 28.3 Å². The molecule has 59 heavy (non-hydrogen) atoms. The third kappa shape index (κ3) is 6.14. The molecule has 0 saturated heterocycles. The van der Waals surface area contributed by atoms with Crippen molar-refractivity contribution in [2.24, 2.45) is 51.4 Å². The van der Waals surface area contributed by atoms with Gasteiger partial charge in [-0.25, -0.2) is 23.2 Å². The molecule has 0 amide bonds. The van der Waals surface area contributed by atoms with Gasteiger partial charge in [0.25, 0.3) is 0 Å². The lowest BCUT2D eigenvalue weighted by Crippen LogP contribution is -2.35. The molecule has 8 unspecified atom stereocenters. The summed E-state index contributed by atoms with van der Waals surface area (Å²) in [5.74, 6) is -3.58. The zero-order valence-electron chi connectivity index (χ0n) is 33.0. The van der Waals surface area contributed by atoms with Gasteiger partial charge >= 0.3 is 0 Å². The Labute approximate surface area is 351 Å². The Kier molecular flexibility index (Phi) is 9.49. The van der Waals surface area contributed by atoms with E-state index in [1.165, 1.54) is 72.2 Å². The average molecular weight is 861 g/mol. The van der Waals surface area contributed by atoms with Crippen molar-refractivity contribution >= 4 is 119 Å². The molecule has 0 spiro atoms. The first-order valence-electron chi connectivity index (χ1n) is 21.8. The fraction of sp³-hybridized carbons (Fsp3) is 0.600. The summed E-state index contributed by atoms with van der Waals surface area (Å²) in [6.07, 6.45) is 7.23. The predicted molar refractivity (Wildman–Crippen MR) is 230 cm³/mol. The molecule has 6 aliphatic carbocycles. The molecule has 0 radical (unpaired) electrons. The Morgan fingerprint density at radius 1 is 0.542 bits per heavy atom. The van der Waals surface area contributed by atoms with Gasteiger partial charge in [0, 0.05) is 36.8 Å². The van der Waals surface area contributed by atoms with Crippen LogP contribution in [0.5, 0.6) is 0 Å². The van der Waals surface area contributed by atoms with Crippen LogP contribution in [0.2, 0.25) is 0 Å². The number of aromatic nitrogens is 2. The van der Waals surface area contributed by atoms with Crippen molar-refractivity contribution in [3.63, 3.8) is 0 Å². The van der Waals surface area contributed by atoms with Crippen LogP contribution in [-0.4, -0.2) is 62.2 Å². The monoisotopic (exact) mass is 860 g/mol. The summed E-state index contributed by atoms with van der Waals surface area (Å²) >= 11 is 4.69. The molecule has 6 fully saturated rings. The van der Waals surface area contributed by atoms with Crippen LogP contribution in [0.4, 0.5) is 23.2 Å². The molecule has 310 valence electrons. The summed E-state index contributed by atoms with van der Waals surface area (Å²) in [6.45, 7) is 3.50. The third-order valence-electron chi connectivity index (χ3n) is 14.9. The second kappa shape index (κ2) is 14.6. The molecule has 11 rings (SSSR count). The number of thiophene rings is 3. The van der Waals surface area contributed by atoms with Crippen LogP contribution in [0, 0.1) is 41.4 Å². The van der Waals surface area contributed by atoms with Gasteiger partial charge in [0.05, 0.1) is 40.9 Å². The standard InChI is InChI=1S/C45H47F3N4O4S3/c1-20-12-23-24(13-27(20)46)39(54)34(38(23)53)49-32-16-30-42(57-32)44-36(51(30)18-21-8-4-2-5-9-21)37-45(59-44)43-31(52(37)19-22-10-6-3-7-11-22)17-33(58-43)50-35-40(55)25-14-28(47)29(48)15-26(25)41(35)56/h16-17,20-29H,2-15,18-19H2,1H3. The number of halogens is 3. The Balaban J connectivity index is 1.06. The van der Waals surface area contributed by atoms with Crippen LogP contribution < -0.4 is 0 Å².